The van der Waals surface area contributed by atoms with Crippen molar-refractivity contribution in [3.63, 3.8) is 0 Å². The maximum absolute atomic E-state index is 16.0. The van der Waals surface area contributed by atoms with E-state index in [9.17, 15) is 4.39 Å². The lowest BCUT2D eigenvalue weighted by Gasteiger charge is -2.22. The lowest BCUT2D eigenvalue weighted by Crippen LogP contribution is -2.14. The Labute approximate surface area is 399 Å². The Bertz CT molecular complexity index is 4080. The Morgan fingerprint density at radius 2 is 0.704 bits per heavy atom. The normalized spacial score (nSPS) is 11.9. The van der Waals surface area contributed by atoms with E-state index in [1.165, 1.54) is 0 Å². The van der Waals surface area contributed by atoms with E-state index < -0.39 is 52.0 Å². The van der Waals surface area contributed by atoms with Gasteiger partial charge < -0.3 is 9.13 Å². The number of fused-ring (bicyclic) bond motifs is 6. The topological polar surface area (TPSA) is 35.6 Å². The first-order valence-corrected chi connectivity index (χ1v) is 22.3. The van der Waals surface area contributed by atoms with E-state index in [0.29, 0.717) is 55.0 Å². The smallest absolute Gasteiger partial charge is 0.307 e. The Morgan fingerprint density at radius 1 is 0.324 bits per heavy atom. The van der Waals surface area contributed by atoms with E-state index >= 15 is 30.7 Å². The minimum absolute atomic E-state index is 0.0518. The third kappa shape index (κ3) is 7.12. The molecule has 0 bridgehead atoms. The van der Waals surface area contributed by atoms with Crippen LogP contribution in [0, 0.1) is 29.1 Å². The van der Waals surface area contributed by atoms with Gasteiger partial charge in [-0.25, -0.2) is 31.9 Å². The van der Waals surface area contributed by atoms with Gasteiger partial charge in [-0.2, -0.15) is 13.2 Å². The van der Waals surface area contributed by atoms with E-state index in [-0.39, 0.29) is 11.4 Å². The largest absolute Gasteiger partial charge is 0.417 e. The van der Waals surface area contributed by atoms with E-state index in [4.69, 9.17) is 9.97 Å². The number of rotatable bonds is 7. The van der Waals surface area contributed by atoms with Crippen molar-refractivity contribution in [1.82, 2.24) is 19.1 Å². The van der Waals surface area contributed by atoms with Gasteiger partial charge in [0.05, 0.1) is 67.3 Å². The van der Waals surface area contributed by atoms with Crippen molar-refractivity contribution in [2.45, 2.75) is 6.18 Å². The van der Waals surface area contributed by atoms with Crippen LogP contribution in [0.25, 0.3) is 111 Å². The van der Waals surface area contributed by atoms with Gasteiger partial charge in [0.25, 0.3) is 0 Å². The highest BCUT2D eigenvalue weighted by Gasteiger charge is 2.39. The predicted molar refractivity (Wildman–Crippen MR) is 263 cm³/mol. The molecule has 4 heterocycles. The van der Waals surface area contributed by atoms with Gasteiger partial charge in [0.1, 0.15) is 0 Å². The Kier molecular flexibility index (Phi) is 10.2. The second kappa shape index (κ2) is 16.7. The summed E-state index contributed by atoms with van der Waals surface area (Å²) < 4.78 is 127. The molecular formula is C59H32F8N4. The Morgan fingerprint density at radius 3 is 1.15 bits per heavy atom. The molecule has 71 heavy (non-hydrogen) atoms. The first kappa shape index (κ1) is 43.4. The SMILES string of the molecule is Fc1c(F)c(F)c(-c2cc(-n3c4ccccc4c4cc(-c5cccc(-c6ccccc6)n5)ccc43)c(-n3c4ccccc4c4cc(-c5cccc(-c6ccccc6)n5)ccc43)cc2C(F)(F)F)c(F)c1F. The zero-order valence-corrected chi connectivity index (χ0v) is 36.8. The van der Waals surface area contributed by atoms with Crippen molar-refractivity contribution in [3.8, 4) is 67.5 Å². The highest BCUT2D eigenvalue weighted by atomic mass is 19.4. The molecular weight excluding hydrogens is 917 g/mol. The van der Waals surface area contributed by atoms with Crippen molar-refractivity contribution in [2.24, 2.45) is 0 Å². The number of halogens is 8. The van der Waals surface area contributed by atoms with Gasteiger partial charge in [-0.15, -0.1) is 0 Å². The number of hydrogen-bond donors (Lipinski definition) is 0. The highest BCUT2D eigenvalue weighted by molar-refractivity contribution is 6.13. The molecule has 12 rings (SSSR count). The van der Waals surface area contributed by atoms with Crippen molar-refractivity contribution >= 4 is 43.6 Å². The summed E-state index contributed by atoms with van der Waals surface area (Å²) in [4.78, 5) is 9.90. The van der Waals surface area contributed by atoms with E-state index in [1.807, 2.05) is 133 Å². The molecule has 344 valence electrons. The van der Waals surface area contributed by atoms with Crippen LogP contribution in [-0.4, -0.2) is 19.1 Å². The second-order valence-electron chi connectivity index (χ2n) is 17.0. The minimum atomic E-state index is -5.37. The van der Waals surface area contributed by atoms with Crippen LogP contribution in [-0.2, 0) is 6.18 Å². The fraction of sp³-hybridized carbons (Fsp3) is 0.0169. The first-order valence-electron chi connectivity index (χ1n) is 22.3. The van der Waals surface area contributed by atoms with Gasteiger partial charge in [0.15, 0.2) is 23.3 Å². The zero-order valence-electron chi connectivity index (χ0n) is 36.8. The number of benzene rings is 8. The van der Waals surface area contributed by atoms with Crippen LogP contribution in [0.15, 0.2) is 194 Å². The lowest BCUT2D eigenvalue weighted by molar-refractivity contribution is -0.137. The van der Waals surface area contributed by atoms with Crippen molar-refractivity contribution in [1.29, 1.82) is 0 Å². The Hall–Kier alpha value is -8.90. The number of nitrogens with zero attached hydrogens (tertiary/aromatic N) is 4. The maximum atomic E-state index is 16.0. The molecule has 0 aliphatic carbocycles. The van der Waals surface area contributed by atoms with Crippen LogP contribution in [0.4, 0.5) is 35.1 Å². The summed E-state index contributed by atoms with van der Waals surface area (Å²) in [6.07, 6.45) is -5.37. The average molecular weight is 949 g/mol. The minimum Gasteiger partial charge on any atom is -0.307 e. The van der Waals surface area contributed by atoms with Gasteiger partial charge in [-0.1, -0.05) is 121 Å². The predicted octanol–water partition coefficient (Wildman–Crippen LogP) is 16.7. The summed E-state index contributed by atoms with van der Waals surface area (Å²) in [6.45, 7) is 0. The fourth-order valence-electron chi connectivity index (χ4n) is 9.73. The number of aromatic nitrogens is 4. The number of alkyl halides is 3. The standard InChI is InChI=1S/C59H32F8N4/c60-54-53(55(61)57(63)58(64)56(54)62)41-31-51(70-47-23-9-7-17-37(47)39-29-35(25-27-49(39)70)45-21-11-19-43(68-45)33-13-3-1-4-14-33)52(32-42(41)59(65,66)67)71-48-24-10-8-18-38(48)40-30-36(26-28-50(40)71)46-22-12-20-44(69-46)34-15-5-2-6-16-34/h1-32H. The third-order valence-corrected chi connectivity index (χ3v) is 13.0. The molecule has 0 fully saturated rings. The van der Waals surface area contributed by atoms with Gasteiger partial charge in [-0.3, -0.25) is 0 Å². The quantitative estimate of drug-likeness (QED) is 0.0907. The lowest BCUT2D eigenvalue weighted by atomic mass is 9.95. The van der Waals surface area contributed by atoms with Gasteiger partial charge in [0, 0.05) is 49.4 Å². The van der Waals surface area contributed by atoms with Crippen molar-refractivity contribution in [2.75, 3.05) is 0 Å². The van der Waals surface area contributed by atoms with Crippen LogP contribution >= 0.6 is 0 Å². The summed E-state index contributed by atoms with van der Waals surface area (Å²) in [5.41, 5.74) is 3.12. The van der Waals surface area contributed by atoms with Crippen molar-refractivity contribution < 1.29 is 35.1 Å². The Balaban J connectivity index is 1.16. The molecule has 8 aromatic carbocycles. The van der Waals surface area contributed by atoms with Gasteiger partial charge in [-0.05, 0) is 72.8 Å². The van der Waals surface area contributed by atoms with Crippen molar-refractivity contribution in [3.05, 3.63) is 229 Å². The molecule has 12 heteroatoms. The highest BCUT2D eigenvalue weighted by Crippen LogP contribution is 2.47. The molecule has 0 unspecified atom stereocenters. The third-order valence-electron chi connectivity index (χ3n) is 13.0. The molecule has 12 aromatic rings. The van der Waals surface area contributed by atoms with Crippen LogP contribution < -0.4 is 0 Å². The number of hydrogen-bond acceptors (Lipinski definition) is 2. The second-order valence-corrected chi connectivity index (χ2v) is 17.0. The molecule has 0 aliphatic rings. The van der Waals surface area contributed by atoms with E-state index in [0.717, 1.165) is 45.8 Å². The van der Waals surface area contributed by atoms with E-state index in [2.05, 4.69) is 0 Å². The molecule has 4 aromatic heterocycles. The first-order chi connectivity index (χ1) is 34.4. The maximum Gasteiger partial charge on any atom is 0.417 e. The van der Waals surface area contributed by atoms with Gasteiger partial charge >= 0.3 is 6.18 Å². The molecule has 0 amide bonds. The fourth-order valence-corrected chi connectivity index (χ4v) is 9.73. The molecule has 0 atom stereocenters. The molecule has 0 saturated carbocycles. The molecule has 0 N–H and O–H groups in total. The van der Waals surface area contributed by atoms with Gasteiger partial charge in [0.2, 0.25) is 5.82 Å². The zero-order chi connectivity index (χ0) is 48.7. The van der Waals surface area contributed by atoms with Crippen LogP contribution in [0.1, 0.15) is 5.56 Å². The molecule has 0 spiro atoms. The summed E-state index contributed by atoms with van der Waals surface area (Å²) in [5, 5.41) is 2.60. The summed E-state index contributed by atoms with van der Waals surface area (Å²) in [5.74, 6) is -12.1. The molecule has 0 saturated heterocycles. The molecule has 0 radical (unpaired) electrons. The summed E-state index contributed by atoms with van der Waals surface area (Å²) in [6, 6.07) is 57.4. The molecule has 0 aliphatic heterocycles. The van der Waals surface area contributed by atoms with E-state index in [1.54, 1.807) is 57.7 Å². The summed E-state index contributed by atoms with van der Waals surface area (Å²) >= 11 is 0. The summed E-state index contributed by atoms with van der Waals surface area (Å²) in [7, 11) is 0. The number of para-hydroxylation sites is 2. The van der Waals surface area contributed by atoms with Crippen LogP contribution in [0.2, 0.25) is 0 Å². The molecule has 4 nitrogen and oxygen atoms in total. The average Bonchev–Trinajstić information content (AvgIpc) is 3.92. The van der Waals surface area contributed by atoms with Crippen LogP contribution in [0.5, 0.6) is 0 Å². The van der Waals surface area contributed by atoms with Crippen LogP contribution in [0.3, 0.4) is 0 Å². The number of pyridine rings is 2. The monoisotopic (exact) mass is 948 g/mol.